The Morgan fingerprint density at radius 2 is 1.47 bits per heavy atom. The molecule has 6 rings (SSSR count). The number of esters is 1. The number of ketones is 1. The van der Waals surface area contributed by atoms with Crippen molar-refractivity contribution in [3.63, 3.8) is 0 Å². The van der Waals surface area contributed by atoms with Gasteiger partial charge in [0.05, 0.1) is 33.6 Å². The zero-order chi connectivity index (χ0) is 26.4. The van der Waals surface area contributed by atoms with E-state index in [-0.39, 0.29) is 22.6 Å². The van der Waals surface area contributed by atoms with Gasteiger partial charge >= 0.3 is 5.97 Å². The number of ether oxygens (including phenoxy) is 1. The molecule has 5 aromatic rings. The van der Waals surface area contributed by atoms with Gasteiger partial charge in [-0.15, -0.1) is 0 Å². The Hall–Kier alpha value is -5.17. The lowest BCUT2D eigenvalue weighted by Crippen LogP contribution is -2.29. The summed E-state index contributed by atoms with van der Waals surface area (Å²) in [5.74, 6) is -2.05. The highest BCUT2D eigenvalue weighted by molar-refractivity contribution is 6.37. The van der Waals surface area contributed by atoms with Crippen molar-refractivity contribution in [3.8, 4) is 0 Å². The number of pyridine rings is 1. The summed E-state index contributed by atoms with van der Waals surface area (Å²) >= 11 is 0. The van der Waals surface area contributed by atoms with E-state index in [9.17, 15) is 19.2 Å². The van der Waals surface area contributed by atoms with Gasteiger partial charge in [0, 0.05) is 10.9 Å². The summed E-state index contributed by atoms with van der Waals surface area (Å²) in [5.41, 5.74) is 2.45. The molecular formula is C31H20N2O5. The number of aromatic nitrogens is 1. The normalized spacial score (nSPS) is 12.7. The Labute approximate surface area is 217 Å². The number of hydrogen-bond donors (Lipinski definition) is 0. The number of benzene rings is 4. The number of carbonyl (C=O) groups is 4. The van der Waals surface area contributed by atoms with Gasteiger partial charge in [0.1, 0.15) is 0 Å². The second kappa shape index (κ2) is 9.05. The average Bonchev–Trinajstić information content (AvgIpc) is 3.21. The van der Waals surface area contributed by atoms with Gasteiger partial charge < -0.3 is 4.74 Å². The van der Waals surface area contributed by atoms with Gasteiger partial charge in [0.2, 0.25) is 5.78 Å². The number of carbonyl (C=O) groups excluding carboxylic acids is 4. The number of amides is 2. The Morgan fingerprint density at radius 1 is 0.789 bits per heavy atom. The highest BCUT2D eigenvalue weighted by Gasteiger charge is 2.40. The minimum atomic E-state index is -0.736. The third-order valence-corrected chi connectivity index (χ3v) is 6.67. The van der Waals surface area contributed by atoms with Crippen LogP contribution in [0.15, 0.2) is 91.0 Å². The smallest absolute Gasteiger partial charge is 0.338 e. The van der Waals surface area contributed by atoms with E-state index in [4.69, 9.17) is 4.74 Å². The summed E-state index contributed by atoms with van der Waals surface area (Å²) in [5, 5.41) is 2.29. The van der Waals surface area contributed by atoms with Crippen molar-refractivity contribution in [2.75, 3.05) is 11.5 Å². The number of aryl methyl sites for hydroxylation is 1. The van der Waals surface area contributed by atoms with E-state index in [0.29, 0.717) is 27.7 Å². The van der Waals surface area contributed by atoms with E-state index in [1.54, 1.807) is 49.4 Å². The quantitative estimate of drug-likeness (QED) is 0.179. The average molecular weight is 501 g/mol. The summed E-state index contributed by atoms with van der Waals surface area (Å²) < 4.78 is 5.32. The molecule has 184 valence electrons. The first-order chi connectivity index (χ1) is 18.4. The van der Waals surface area contributed by atoms with E-state index in [1.165, 1.54) is 12.1 Å². The number of rotatable bonds is 5. The van der Waals surface area contributed by atoms with Crippen LogP contribution in [0.2, 0.25) is 0 Å². The van der Waals surface area contributed by atoms with E-state index in [2.05, 4.69) is 4.98 Å². The summed E-state index contributed by atoms with van der Waals surface area (Å²) in [6.45, 7) is 1.25. The van der Waals surface area contributed by atoms with Gasteiger partial charge in [-0.1, -0.05) is 66.7 Å². The van der Waals surface area contributed by atoms with E-state index in [0.717, 1.165) is 15.7 Å². The van der Waals surface area contributed by atoms with Crippen molar-refractivity contribution in [2.24, 2.45) is 0 Å². The summed E-state index contributed by atoms with van der Waals surface area (Å²) in [4.78, 5) is 58.0. The molecule has 1 aromatic heterocycles. The van der Waals surface area contributed by atoms with Gasteiger partial charge in [-0.05, 0) is 42.0 Å². The molecule has 2 amide bonds. The fourth-order valence-corrected chi connectivity index (χ4v) is 4.90. The van der Waals surface area contributed by atoms with Crippen LogP contribution in [0, 0.1) is 6.92 Å². The van der Waals surface area contributed by atoms with Crippen LogP contribution in [0.1, 0.15) is 47.1 Å². The molecule has 1 aliphatic heterocycles. The molecule has 0 spiro atoms. The Balaban J connectivity index is 1.25. The number of Topliss-reactive ketones (excluding diaryl/α,β-unsaturated/α-hetero) is 1. The SMILES string of the molecule is Cc1nc2ccccc2c2c1C(=O)N(c1cccc(C(=O)OCC(=O)c3cccc4ccccc34)c1)C2=O. The Morgan fingerprint density at radius 3 is 2.32 bits per heavy atom. The van der Waals surface area contributed by atoms with Crippen LogP contribution in [-0.2, 0) is 4.74 Å². The van der Waals surface area contributed by atoms with Crippen molar-refractivity contribution in [1.29, 1.82) is 0 Å². The lowest BCUT2D eigenvalue weighted by molar-refractivity contribution is 0.0475. The number of imide groups is 1. The largest absolute Gasteiger partial charge is 0.454 e. The number of nitrogens with zero attached hydrogens (tertiary/aromatic N) is 2. The topological polar surface area (TPSA) is 93.6 Å². The molecule has 7 heteroatoms. The summed E-state index contributed by atoms with van der Waals surface area (Å²) in [6, 6.07) is 26.1. The Kier molecular flexibility index (Phi) is 5.53. The fourth-order valence-electron chi connectivity index (χ4n) is 4.90. The maximum absolute atomic E-state index is 13.5. The lowest BCUT2D eigenvalue weighted by atomic mass is 10.0. The second-order valence-electron chi connectivity index (χ2n) is 8.99. The fraction of sp³-hybridized carbons (Fsp3) is 0.0645. The number of anilines is 1. The number of para-hydroxylation sites is 1. The van der Waals surface area contributed by atoms with E-state index >= 15 is 0 Å². The Bertz CT molecular complexity index is 1820. The summed E-state index contributed by atoms with van der Waals surface area (Å²) in [6.07, 6.45) is 0. The van der Waals surface area contributed by atoms with Crippen LogP contribution >= 0.6 is 0 Å². The van der Waals surface area contributed by atoms with Crippen LogP contribution in [0.5, 0.6) is 0 Å². The molecule has 0 unspecified atom stereocenters. The van der Waals surface area contributed by atoms with Gasteiger partial charge in [-0.2, -0.15) is 0 Å². The molecule has 4 aromatic carbocycles. The van der Waals surface area contributed by atoms with Crippen LogP contribution in [0.25, 0.3) is 21.7 Å². The minimum absolute atomic E-state index is 0.115. The molecular weight excluding hydrogens is 480 g/mol. The molecule has 0 saturated heterocycles. The number of fused-ring (bicyclic) bond motifs is 4. The van der Waals surface area contributed by atoms with Gasteiger partial charge in [0.25, 0.3) is 11.8 Å². The maximum Gasteiger partial charge on any atom is 0.338 e. The van der Waals surface area contributed by atoms with Crippen molar-refractivity contribution in [1.82, 2.24) is 4.98 Å². The predicted molar refractivity (Wildman–Crippen MR) is 143 cm³/mol. The molecule has 2 heterocycles. The van der Waals surface area contributed by atoms with E-state index < -0.39 is 24.4 Å². The van der Waals surface area contributed by atoms with Crippen LogP contribution in [-0.4, -0.2) is 35.2 Å². The molecule has 0 aliphatic carbocycles. The molecule has 0 saturated carbocycles. The van der Waals surface area contributed by atoms with Crippen LogP contribution in [0.3, 0.4) is 0 Å². The monoisotopic (exact) mass is 500 g/mol. The molecule has 0 bridgehead atoms. The molecule has 1 aliphatic rings. The van der Waals surface area contributed by atoms with Crippen molar-refractivity contribution < 1.29 is 23.9 Å². The second-order valence-corrected chi connectivity index (χ2v) is 8.99. The van der Waals surface area contributed by atoms with Gasteiger partial charge in [0.15, 0.2) is 6.61 Å². The van der Waals surface area contributed by atoms with E-state index in [1.807, 2.05) is 36.4 Å². The van der Waals surface area contributed by atoms with Gasteiger partial charge in [-0.3, -0.25) is 19.4 Å². The third-order valence-electron chi connectivity index (χ3n) is 6.67. The highest BCUT2D eigenvalue weighted by atomic mass is 16.5. The molecule has 0 N–H and O–H groups in total. The van der Waals surface area contributed by atoms with Crippen molar-refractivity contribution in [2.45, 2.75) is 6.92 Å². The highest BCUT2D eigenvalue weighted by Crippen LogP contribution is 2.34. The minimum Gasteiger partial charge on any atom is -0.454 e. The van der Waals surface area contributed by atoms with Crippen LogP contribution in [0.4, 0.5) is 5.69 Å². The molecule has 7 nitrogen and oxygen atoms in total. The predicted octanol–water partition coefficient (Wildman–Crippen LogP) is 5.54. The standard InChI is InChI=1S/C31H20N2O5/c1-18-27-28(24-13-4-5-15-25(24)32-18)30(36)33(29(27)35)21-11-6-10-20(16-21)31(37)38-17-26(34)23-14-7-9-19-8-2-3-12-22(19)23/h2-16H,17H2,1H3. The summed E-state index contributed by atoms with van der Waals surface area (Å²) in [7, 11) is 0. The van der Waals surface area contributed by atoms with Crippen LogP contribution < -0.4 is 4.90 Å². The lowest BCUT2D eigenvalue weighted by Gasteiger charge is -2.15. The molecule has 38 heavy (non-hydrogen) atoms. The first-order valence-corrected chi connectivity index (χ1v) is 12.0. The molecule has 0 fully saturated rings. The van der Waals surface area contributed by atoms with Crippen molar-refractivity contribution in [3.05, 3.63) is 119 Å². The zero-order valence-corrected chi connectivity index (χ0v) is 20.3. The first kappa shape index (κ1) is 23.2. The number of hydrogen-bond acceptors (Lipinski definition) is 6. The van der Waals surface area contributed by atoms with Crippen molar-refractivity contribution >= 4 is 50.9 Å². The molecule has 0 radical (unpaired) electrons. The zero-order valence-electron chi connectivity index (χ0n) is 20.3. The first-order valence-electron chi connectivity index (χ1n) is 12.0. The maximum atomic E-state index is 13.5. The molecule has 0 atom stereocenters. The third kappa shape index (κ3) is 3.72. The van der Waals surface area contributed by atoms with Gasteiger partial charge in [-0.25, -0.2) is 9.69 Å².